The van der Waals surface area contributed by atoms with Crippen molar-refractivity contribution in [3.63, 3.8) is 0 Å². The average molecular weight is 353 g/mol. The molecule has 128 valence electrons. The second-order valence-electron chi connectivity index (χ2n) is 6.25. The van der Waals surface area contributed by atoms with Crippen LogP contribution in [-0.2, 0) is 14.4 Å². The van der Waals surface area contributed by atoms with Gasteiger partial charge in [0.1, 0.15) is 5.82 Å². The smallest absolute Gasteiger partial charge is 0.233 e. The number of imide groups is 1. The lowest BCUT2D eigenvalue weighted by atomic mass is 9.81. The van der Waals surface area contributed by atoms with E-state index in [1.165, 1.54) is 17.0 Å². The predicted molar refractivity (Wildman–Crippen MR) is 86.8 cm³/mol. The van der Waals surface area contributed by atoms with Gasteiger partial charge in [0.05, 0.1) is 17.5 Å². The van der Waals surface area contributed by atoms with Gasteiger partial charge < -0.3 is 5.32 Å². The molecule has 1 saturated carbocycles. The van der Waals surface area contributed by atoms with Gasteiger partial charge in [-0.2, -0.15) is 0 Å². The van der Waals surface area contributed by atoms with Gasteiger partial charge in [0, 0.05) is 18.0 Å². The van der Waals surface area contributed by atoms with Crippen LogP contribution < -0.4 is 5.32 Å². The van der Waals surface area contributed by atoms with Gasteiger partial charge in [-0.25, -0.2) is 4.39 Å². The Hall–Kier alpha value is -1.95. The number of benzene rings is 1. The van der Waals surface area contributed by atoms with Crippen molar-refractivity contribution in [2.45, 2.75) is 32.1 Å². The number of carbonyl (C=O) groups excluding carboxylic acids is 3. The molecule has 2 fully saturated rings. The highest BCUT2D eigenvalue weighted by Crippen LogP contribution is 2.38. The first-order valence-electron chi connectivity index (χ1n) is 8.07. The molecule has 0 radical (unpaired) electrons. The summed E-state index contributed by atoms with van der Waals surface area (Å²) < 4.78 is 13.6. The van der Waals surface area contributed by atoms with Crippen molar-refractivity contribution < 1.29 is 18.8 Å². The highest BCUT2D eigenvalue weighted by Gasteiger charge is 2.47. The minimum atomic E-state index is -0.591. The van der Waals surface area contributed by atoms with E-state index >= 15 is 0 Å². The van der Waals surface area contributed by atoms with Crippen molar-refractivity contribution >= 4 is 35.0 Å². The van der Waals surface area contributed by atoms with Crippen molar-refractivity contribution in [2.24, 2.45) is 11.8 Å². The molecule has 5 nitrogen and oxygen atoms in total. The lowest BCUT2D eigenvalue weighted by Gasteiger charge is -2.19. The van der Waals surface area contributed by atoms with E-state index in [1.54, 1.807) is 0 Å². The van der Waals surface area contributed by atoms with Crippen LogP contribution in [0.25, 0.3) is 0 Å². The summed E-state index contributed by atoms with van der Waals surface area (Å²) in [5.74, 6) is -1.85. The molecule has 1 heterocycles. The zero-order valence-electron chi connectivity index (χ0n) is 13.1. The van der Waals surface area contributed by atoms with Crippen LogP contribution in [0.3, 0.4) is 0 Å². The van der Waals surface area contributed by atoms with E-state index in [2.05, 4.69) is 5.32 Å². The number of nitrogens with zero attached hydrogens (tertiary/aromatic N) is 1. The Kier molecular flexibility index (Phi) is 4.85. The Bertz CT molecular complexity index is 670. The number of halogens is 2. The van der Waals surface area contributed by atoms with Crippen LogP contribution in [-0.4, -0.2) is 29.2 Å². The first kappa shape index (κ1) is 16.9. The van der Waals surface area contributed by atoms with E-state index in [1.807, 2.05) is 0 Å². The first-order chi connectivity index (χ1) is 11.5. The van der Waals surface area contributed by atoms with Crippen molar-refractivity contribution in [2.75, 3.05) is 11.9 Å². The summed E-state index contributed by atoms with van der Waals surface area (Å²) in [5, 5.41) is 2.73. The zero-order chi connectivity index (χ0) is 17.3. The normalized spacial score (nSPS) is 23.3. The molecule has 1 aromatic rings. The molecule has 1 saturated heterocycles. The number of rotatable bonds is 4. The number of anilines is 1. The number of carbonyl (C=O) groups is 3. The van der Waals surface area contributed by atoms with E-state index in [9.17, 15) is 18.8 Å². The van der Waals surface area contributed by atoms with Crippen LogP contribution in [0.1, 0.15) is 32.1 Å². The van der Waals surface area contributed by atoms with Crippen molar-refractivity contribution in [1.29, 1.82) is 0 Å². The van der Waals surface area contributed by atoms with E-state index < -0.39 is 11.7 Å². The van der Waals surface area contributed by atoms with Crippen molar-refractivity contribution in [1.82, 2.24) is 4.90 Å². The fourth-order valence-electron chi connectivity index (χ4n) is 3.47. The number of hydrogen-bond acceptors (Lipinski definition) is 3. The largest absolute Gasteiger partial charge is 0.323 e. The third kappa shape index (κ3) is 3.29. The maximum atomic E-state index is 13.6. The Labute approximate surface area is 144 Å². The van der Waals surface area contributed by atoms with Gasteiger partial charge in [0.2, 0.25) is 17.7 Å². The van der Waals surface area contributed by atoms with Gasteiger partial charge in [-0.1, -0.05) is 24.4 Å². The molecule has 1 aliphatic heterocycles. The Morgan fingerprint density at radius 2 is 1.83 bits per heavy atom. The molecule has 1 aromatic carbocycles. The van der Waals surface area contributed by atoms with Crippen molar-refractivity contribution in [3.05, 3.63) is 29.0 Å². The molecule has 7 heteroatoms. The summed E-state index contributed by atoms with van der Waals surface area (Å²) >= 11 is 5.77. The molecule has 3 amide bonds. The third-order valence-corrected chi connectivity index (χ3v) is 4.93. The number of fused-ring (bicyclic) bond motifs is 1. The number of hydrogen-bond donors (Lipinski definition) is 1. The molecule has 0 bridgehead atoms. The molecule has 1 N–H and O–H groups in total. The zero-order valence-corrected chi connectivity index (χ0v) is 13.8. The minimum absolute atomic E-state index is 0.0137. The van der Waals surface area contributed by atoms with E-state index in [0.717, 1.165) is 31.7 Å². The Morgan fingerprint density at radius 1 is 1.21 bits per heavy atom. The fraction of sp³-hybridized carbons (Fsp3) is 0.471. The summed E-state index contributed by atoms with van der Waals surface area (Å²) in [6.45, 7) is 0.0265. The molecule has 24 heavy (non-hydrogen) atoms. The lowest BCUT2D eigenvalue weighted by molar-refractivity contribution is -0.140. The van der Waals surface area contributed by atoms with Crippen LogP contribution in [0.5, 0.6) is 0 Å². The first-order valence-corrected chi connectivity index (χ1v) is 8.45. The fourth-order valence-corrected chi connectivity index (χ4v) is 3.64. The quantitative estimate of drug-likeness (QED) is 0.847. The molecule has 0 spiro atoms. The summed E-state index contributed by atoms with van der Waals surface area (Å²) in [6, 6.07) is 3.86. The van der Waals surface area contributed by atoms with Crippen LogP contribution >= 0.6 is 11.6 Å². The van der Waals surface area contributed by atoms with Gasteiger partial charge in [-0.3, -0.25) is 19.3 Å². The second-order valence-corrected chi connectivity index (χ2v) is 6.68. The topological polar surface area (TPSA) is 66.5 Å². The SMILES string of the molecule is O=C(CCN1C(=O)[C@H]2CCCC[C@H]2C1=O)Nc1cc(Cl)ccc1F. The maximum absolute atomic E-state index is 13.6. The van der Waals surface area contributed by atoms with E-state index in [0.29, 0.717) is 5.02 Å². The monoisotopic (exact) mass is 352 g/mol. The molecule has 0 unspecified atom stereocenters. The number of amides is 3. The molecule has 1 aliphatic carbocycles. The van der Waals surface area contributed by atoms with Crippen LogP contribution in [0, 0.1) is 17.7 Å². The van der Waals surface area contributed by atoms with Crippen molar-refractivity contribution in [3.8, 4) is 0 Å². The summed E-state index contributed by atoms with van der Waals surface area (Å²) in [5.41, 5.74) is -0.0137. The Balaban J connectivity index is 1.59. The molecular weight excluding hydrogens is 335 g/mol. The van der Waals surface area contributed by atoms with Crippen LogP contribution in [0.2, 0.25) is 5.02 Å². The summed E-state index contributed by atoms with van der Waals surface area (Å²) in [6.07, 6.45) is 3.34. The Morgan fingerprint density at radius 3 is 2.46 bits per heavy atom. The molecule has 0 aromatic heterocycles. The van der Waals surface area contributed by atoms with Gasteiger partial charge in [0.15, 0.2) is 0 Å². The molecule has 3 rings (SSSR count). The lowest BCUT2D eigenvalue weighted by Crippen LogP contribution is -2.34. The van der Waals surface area contributed by atoms with E-state index in [-0.39, 0.29) is 42.3 Å². The summed E-state index contributed by atoms with van der Waals surface area (Å²) in [7, 11) is 0. The highest BCUT2D eigenvalue weighted by molar-refractivity contribution is 6.30. The van der Waals surface area contributed by atoms with Gasteiger partial charge in [-0.05, 0) is 31.0 Å². The van der Waals surface area contributed by atoms with Gasteiger partial charge in [-0.15, -0.1) is 0 Å². The number of likely N-dealkylation sites (tertiary alicyclic amines) is 1. The van der Waals surface area contributed by atoms with Crippen LogP contribution in [0.4, 0.5) is 10.1 Å². The van der Waals surface area contributed by atoms with E-state index in [4.69, 9.17) is 11.6 Å². The van der Waals surface area contributed by atoms with Crippen LogP contribution in [0.15, 0.2) is 18.2 Å². The minimum Gasteiger partial charge on any atom is -0.323 e. The second kappa shape index (κ2) is 6.89. The molecular formula is C17H18ClFN2O3. The third-order valence-electron chi connectivity index (χ3n) is 4.70. The van der Waals surface area contributed by atoms with Gasteiger partial charge >= 0.3 is 0 Å². The number of nitrogens with one attached hydrogen (secondary N) is 1. The maximum Gasteiger partial charge on any atom is 0.233 e. The summed E-state index contributed by atoms with van der Waals surface area (Å²) in [4.78, 5) is 37.8. The van der Waals surface area contributed by atoms with Gasteiger partial charge in [0.25, 0.3) is 0 Å². The standard InChI is InChI=1S/C17H18ClFN2O3/c18-10-5-6-13(19)14(9-10)20-15(22)7-8-21-16(23)11-3-1-2-4-12(11)17(21)24/h5-6,9,11-12H,1-4,7-8H2,(H,20,22)/t11-,12+. The molecule has 2 aliphatic rings. The average Bonchev–Trinajstić information content (AvgIpc) is 2.81. The highest BCUT2D eigenvalue weighted by atomic mass is 35.5. The molecule has 2 atom stereocenters. The predicted octanol–water partition coefficient (Wildman–Crippen LogP) is 2.98.